The smallest absolute Gasteiger partial charge is 0.0682 e. The van der Waals surface area contributed by atoms with Gasteiger partial charge in [0.05, 0.1) is 24.5 Å². The maximum absolute atomic E-state index is 9.16. The number of benzene rings is 1. The fourth-order valence-corrected chi connectivity index (χ4v) is 2.47. The molecule has 98 valence electrons. The molecule has 4 nitrogen and oxygen atoms in total. The Labute approximate surface area is 111 Å². The Morgan fingerprint density at radius 2 is 2.05 bits per heavy atom. The van der Waals surface area contributed by atoms with E-state index in [9.17, 15) is 0 Å². The highest BCUT2D eigenvalue weighted by Crippen LogP contribution is 2.19. The minimum Gasteiger partial charge on any atom is -0.392 e. The van der Waals surface area contributed by atoms with Crippen LogP contribution in [0.15, 0.2) is 36.5 Å². The van der Waals surface area contributed by atoms with Crippen LogP contribution < -0.4 is 0 Å². The summed E-state index contributed by atoms with van der Waals surface area (Å²) in [6.45, 7) is 2.89. The number of fused-ring (bicyclic) bond motifs is 1. The van der Waals surface area contributed by atoms with Crippen LogP contribution in [0.4, 0.5) is 0 Å². The van der Waals surface area contributed by atoms with Gasteiger partial charge in [-0.3, -0.25) is 4.68 Å². The molecule has 0 aliphatic rings. The molecule has 0 spiro atoms. The Balaban J connectivity index is 1.99. The van der Waals surface area contributed by atoms with Gasteiger partial charge in [0.2, 0.25) is 0 Å². The van der Waals surface area contributed by atoms with Crippen molar-refractivity contribution in [2.45, 2.75) is 20.1 Å². The van der Waals surface area contributed by atoms with E-state index in [1.807, 2.05) is 30.8 Å². The maximum Gasteiger partial charge on any atom is 0.0682 e. The Hall–Kier alpha value is -2.07. The number of aliphatic hydroxyl groups is 1. The number of nitrogens with zero attached hydrogens (tertiary/aromatic N) is 3. The number of aliphatic hydroxyl groups excluding tert-OH is 1. The molecule has 2 heterocycles. The van der Waals surface area contributed by atoms with Crippen molar-refractivity contribution >= 4 is 10.9 Å². The zero-order chi connectivity index (χ0) is 13.4. The molecule has 0 amide bonds. The van der Waals surface area contributed by atoms with E-state index in [1.165, 1.54) is 11.2 Å². The molecule has 19 heavy (non-hydrogen) atoms. The van der Waals surface area contributed by atoms with Crippen molar-refractivity contribution in [1.29, 1.82) is 0 Å². The minimum atomic E-state index is 0.0854. The molecule has 0 unspecified atom stereocenters. The normalized spacial score (nSPS) is 11.3. The summed E-state index contributed by atoms with van der Waals surface area (Å²) in [6.07, 6.45) is 2.08. The van der Waals surface area contributed by atoms with Crippen LogP contribution in [0.2, 0.25) is 0 Å². The maximum atomic E-state index is 9.16. The summed E-state index contributed by atoms with van der Waals surface area (Å²) in [7, 11) is 1.97. The summed E-state index contributed by atoms with van der Waals surface area (Å²) in [5.74, 6) is 0. The van der Waals surface area contributed by atoms with Crippen LogP contribution in [0.25, 0.3) is 10.9 Å². The van der Waals surface area contributed by atoms with Crippen molar-refractivity contribution in [2.24, 2.45) is 7.05 Å². The third kappa shape index (κ3) is 2.15. The Bertz CT molecular complexity index is 724. The van der Waals surface area contributed by atoms with E-state index in [0.717, 1.165) is 23.2 Å². The van der Waals surface area contributed by atoms with E-state index in [2.05, 4.69) is 34.1 Å². The van der Waals surface area contributed by atoms with Crippen LogP contribution in [0, 0.1) is 6.92 Å². The lowest BCUT2D eigenvalue weighted by Gasteiger charge is -2.06. The topological polar surface area (TPSA) is 43.0 Å². The van der Waals surface area contributed by atoms with E-state index in [1.54, 1.807) is 0 Å². The van der Waals surface area contributed by atoms with Gasteiger partial charge in [0.15, 0.2) is 0 Å². The van der Waals surface area contributed by atoms with E-state index in [4.69, 9.17) is 5.11 Å². The molecule has 4 heteroatoms. The first-order valence-corrected chi connectivity index (χ1v) is 6.35. The predicted octanol–water partition coefficient (Wildman–Crippen LogP) is 2.22. The summed E-state index contributed by atoms with van der Waals surface area (Å²) >= 11 is 0. The predicted molar refractivity (Wildman–Crippen MR) is 74.9 cm³/mol. The molecule has 1 N–H and O–H groups in total. The Kier molecular flexibility index (Phi) is 2.87. The van der Waals surface area contributed by atoms with E-state index < -0.39 is 0 Å². The van der Waals surface area contributed by atoms with E-state index in [0.29, 0.717) is 0 Å². The first kappa shape index (κ1) is 12.0. The standard InChI is InChI=1S/C15H17N3O/c1-11-7-14(17(2)16-11)9-18-6-5-13-8-12(10-19)3-4-15(13)18/h3-8,19H,9-10H2,1-2H3. The molecular weight excluding hydrogens is 238 g/mol. The molecule has 0 radical (unpaired) electrons. The molecule has 0 atom stereocenters. The number of hydrogen-bond donors (Lipinski definition) is 1. The summed E-state index contributed by atoms with van der Waals surface area (Å²) in [5, 5.41) is 14.7. The first-order chi connectivity index (χ1) is 9.17. The van der Waals surface area contributed by atoms with Crippen LogP contribution in [0.1, 0.15) is 17.0 Å². The van der Waals surface area contributed by atoms with Gasteiger partial charge in [-0.1, -0.05) is 6.07 Å². The molecule has 1 aromatic carbocycles. The second-order valence-electron chi connectivity index (χ2n) is 4.90. The average molecular weight is 255 g/mol. The summed E-state index contributed by atoms with van der Waals surface area (Å²) < 4.78 is 4.12. The highest BCUT2D eigenvalue weighted by Gasteiger charge is 2.06. The highest BCUT2D eigenvalue weighted by molar-refractivity contribution is 5.80. The highest BCUT2D eigenvalue weighted by atomic mass is 16.3. The van der Waals surface area contributed by atoms with Gasteiger partial charge in [-0.15, -0.1) is 0 Å². The van der Waals surface area contributed by atoms with Crippen LogP contribution >= 0.6 is 0 Å². The van der Waals surface area contributed by atoms with Gasteiger partial charge in [-0.25, -0.2) is 0 Å². The van der Waals surface area contributed by atoms with Gasteiger partial charge < -0.3 is 9.67 Å². The monoisotopic (exact) mass is 255 g/mol. The minimum absolute atomic E-state index is 0.0854. The van der Waals surface area contributed by atoms with Gasteiger partial charge in [0, 0.05) is 18.8 Å². The van der Waals surface area contributed by atoms with Gasteiger partial charge >= 0.3 is 0 Å². The summed E-state index contributed by atoms with van der Waals surface area (Å²) in [6, 6.07) is 10.2. The van der Waals surface area contributed by atoms with Crippen molar-refractivity contribution < 1.29 is 5.11 Å². The number of rotatable bonds is 3. The number of aryl methyl sites for hydroxylation is 2. The SMILES string of the molecule is Cc1cc(Cn2ccc3cc(CO)ccc32)n(C)n1. The third-order valence-electron chi connectivity index (χ3n) is 3.45. The van der Waals surface area contributed by atoms with Crippen LogP contribution in [0.3, 0.4) is 0 Å². The molecule has 3 aromatic rings. The fraction of sp³-hybridized carbons (Fsp3) is 0.267. The molecule has 3 rings (SSSR count). The molecule has 0 saturated carbocycles. The molecule has 2 aromatic heterocycles. The summed E-state index contributed by atoms with van der Waals surface area (Å²) in [5.41, 5.74) is 4.34. The van der Waals surface area contributed by atoms with Gasteiger partial charge in [0.1, 0.15) is 0 Å². The van der Waals surface area contributed by atoms with Crippen LogP contribution in [-0.2, 0) is 20.2 Å². The average Bonchev–Trinajstić information content (AvgIpc) is 2.93. The Morgan fingerprint density at radius 3 is 2.74 bits per heavy atom. The number of aromatic nitrogens is 3. The van der Waals surface area contributed by atoms with Crippen molar-refractivity contribution in [3.8, 4) is 0 Å². The molecular formula is C15H17N3O. The lowest BCUT2D eigenvalue weighted by molar-refractivity contribution is 0.282. The molecule has 0 saturated heterocycles. The second-order valence-corrected chi connectivity index (χ2v) is 4.90. The van der Waals surface area contributed by atoms with Crippen LogP contribution in [0.5, 0.6) is 0 Å². The number of hydrogen-bond acceptors (Lipinski definition) is 2. The fourth-order valence-electron chi connectivity index (χ4n) is 2.47. The first-order valence-electron chi connectivity index (χ1n) is 6.35. The zero-order valence-electron chi connectivity index (χ0n) is 11.2. The van der Waals surface area contributed by atoms with Crippen LogP contribution in [-0.4, -0.2) is 19.5 Å². The molecule has 0 aliphatic heterocycles. The van der Waals surface area contributed by atoms with Gasteiger partial charge in [-0.2, -0.15) is 5.10 Å². The second kappa shape index (κ2) is 4.55. The molecule has 0 fully saturated rings. The lowest BCUT2D eigenvalue weighted by atomic mass is 10.2. The van der Waals surface area contributed by atoms with E-state index in [-0.39, 0.29) is 6.61 Å². The summed E-state index contributed by atoms with van der Waals surface area (Å²) in [4.78, 5) is 0. The van der Waals surface area contributed by atoms with Gasteiger partial charge in [0.25, 0.3) is 0 Å². The quantitative estimate of drug-likeness (QED) is 0.780. The Morgan fingerprint density at radius 1 is 1.21 bits per heavy atom. The largest absolute Gasteiger partial charge is 0.392 e. The van der Waals surface area contributed by atoms with Gasteiger partial charge in [-0.05, 0) is 42.1 Å². The van der Waals surface area contributed by atoms with Crippen molar-refractivity contribution in [3.63, 3.8) is 0 Å². The van der Waals surface area contributed by atoms with E-state index >= 15 is 0 Å². The van der Waals surface area contributed by atoms with Crippen molar-refractivity contribution in [1.82, 2.24) is 14.3 Å². The molecule has 0 bridgehead atoms. The molecule has 0 aliphatic carbocycles. The van der Waals surface area contributed by atoms with Crippen molar-refractivity contribution in [3.05, 3.63) is 53.5 Å². The van der Waals surface area contributed by atoms with Crippen molar-refractivity contribution in [2.75, 3.05) is 0 Å². The third-order valence-corrected chi connectivity index (χ3v) is 3.45. The lowest BCUT2D eigenvalue weighted by Crippen LogP contribution is -2.04. The zero-order valence-corrected chi connectivity index (χ0v) is 11.2.